The third kappa shape index (κ3) is 3.91. The molecule has 2 rings (SSSR count). The number of hydrazone groups is 1. The summed E-state index contributed by atoms with van der Waals surface area (Å²) in [7, 11) is 0. The Balaban J connectivity index is 2.12. The summed E-state index contributed by atoms with van der Waals surface area (Å²) in [5.41, 5.74) is 4.79. The second kappa shape index (κ2) is 6.69. The number of rotatable bonds is 4. The van der Waals surface area contributed by atoms with E-state index in [0.717, 1.165) is 17.3 Å². The van der Waals surface area contributed by atoms with Gasteiger partial charge in [0.15, 0.2) is 0 Å². The van der Waals surface area contributed by atoms with Crippen molar-refractivity contribution in [1.82, 2.24) is 5.43 Å². The van der Waals surface area contributed by atoms with E-state index in [1.54, 1.807) is 12.1 Å². The molecule has 7 nitrogen and oxygen atoms in total. The van der Waals surface area contributed by atoms with E-state index in [-0.39, 0.29) is 17.0 Å². The van der Waals surface area contributed by atoms with Crippen molar-refractivity contribution in [2.45, 2.75) is 13.8 Å². The molecule has 0 aliphatic carbocycles. The molecule has 2 aromatic carbocycles. The van der Waals surface area contributed by atoms with E-state index in [9.17, 15) is 20.0 Å². The molecule has 0 atom stereocenters. The molecule has 118 valence electrons. The van der Waals surface area contributed by atoms with Gasteiger partial charge in [-0.05, 0) is 43.2 Å². The van der Waals surface area contributed by atoms with E-state index >= 15 is 0 Å². The lowest BCUT2D eigenvalue weighted by atomic mass is 10.1. The molecule has 0 fully saturated rings. The molecule has 0 radical (unpaired) electrons. The molecule has 0 saturated carbocycles. The number of phenols is 1. The van der Waals surface area contributed by atoms with Gasteiger partial charge in [0.2, 0.25) is 0 Å². The molecule has 1 amide bonds. The highest BCUT2D eigenvalue weighted by molar-refractivity contribution is 5.95. The van der Waals surface area contributed by atoms with Crippen LogP contribution in [0, 0.1) is 24.0 Å². The number of amides is 1. The number of nitro groups is 1. The van der Waals surface area contributed by atoms with E-state index in [1.165, 1.54) is 18.2 Å². The molecular weight excluding hydrogens is 298 g/mol. The Morgan fingerprint density at radius 3 is 2.61 bits per heavy atom. The number of hydrogen-bond acceptors (Lipinski definition) is 5. The van der Waals surface area contributed by atoms with Crippen molar-refractivity contribution in [3.63, 3.8) is 0 Å². The minimum Gasteiger partial charge on any atom is -0.507 e. The van der Waals surface area contributed by atoms with Gasteiger partial charge in [0, 0.05) is 23.3 Å². The molecule has 0 saturated heterocycles. The van der Waals surface area contributed by atoms with E-state index in [0.29, 0.717) is 5.56 Å². The van der Waals surface area contributed by atoms with Crippen LogP contribution in [0.2, 0.25) is 0 Å². The standard InChI is InChI=1S/C16H15N3O4/c1-10-3-4-12(7-11(10)2)16(21)18-17-9-13-8-14(19(22)23)5-6-15(13)20/h3-9,20H,1-2H3,(H,18,21). The smallest absolute Gasteiger partial charge is 0.271 e. The molecule has 2 aromatic rings. The van der Waals surface area contributed by atoms with Gasteiger partial charge < -0.3 is 5.11 Å². The summed E-state index contributed by atoms with van der Waals surface area (Å²) in [4.78, 5) is 22.1. The SMILES string of the molecule is Cc1ccc(C(=O)NN=Cc2cc([N+](=O)[O-])ccc2O)cc1C. The monoisotopic (exact) mass is 313 g/mol. The quantitative estimate of drug-likeness (QED) is 0.514. The van der Waals surface area contributed by atoms with Crippen LogP contribution in [-0.2, 0) is 0 Å². The number of hydrogen-bond donors (Lipinski definition) is 2. The molecule has 0 unspecified atom stereocenters. The van der Waals surface area contributed by atoms with Gasteiger partial charge in [-0.1, -0.05) is 6.07 Å². The van der Waals surface area contributed by atoms with Crippen molar-refractivity contribution >= 4 is 17.8 Å². The summed E-state index contributed by atoms with van der Waals surface area (Å²) in [5.74, 6) is -0.575. The van der Waals surface area contributed by atoms with E-state index < -0.39 is 10.8 Å². The molecule has 0 bridgehead atoms. The number of aryl methyl sites for hydroxylation is 2. The summed E-state index contributed by atoms with van der Waals surface area (Å²) in [5, 5.41) is 24.1. The zero-order chi connectivity index (χ0) is 17.0. The van der Waals surface area contributed by atoms with Crippen molar-refractivity contribution in [2.24, 2.45) is 5.10 Å². The molecule has 23 heavy (non-hydrogen) atoms. The zero-order valence-electron chi connectivity index (χ0n) is 12.6. The molecule has 7 heteroatoms. The van der Waals surface area contributed by atoms with Gasteiger partial charge in [0.05, 0.1) is 11.1 Å². The predicted octanol–water partition coefficient (Wildman–Crippen LogP) is 2.68. The van der Waals surface area contributed by atoms with E-state index in [2.05, 4.69) is 10.5 Å². The van der Waals surface area contributed by atoms with Crippen LogP contribution in [0.15, 0.2) is 41.5 Å². The second-order valence-electron chi connectivity index (χ2n) is 5.00. The third-order valence-electron chi connectivity index (χ3n) is 3.36. The number of nitro benzene ring substituents is 1. The van der Waals surface area contributed by atoms with Crippen molar-refractivity contribution < 1.29 is 14.8 Å². The highest BCUT2D eigenvalue weighted by atomic mass is 16.6. The van der Waals surface area contributed by atoms with Crippen molar-refractivity contribution in [2.75, 3.05) is 0 Å². The van der Waals surface area contributed by atoms with Gasteiger partial charge in [-0.3, -0.25) is 14.9 Å². The number of nitrogens with zero attached hydrogens (tertiary/aromatic N) is 2. The molecule has 0 aromatic heterocycles. The topological polar surface area (TPSA) is 105 Å². The highest BCUT2D eigenvalue weighted by Crippen LogP contribution is 2.21. The van der Waals surface area contributed by atoms with Crippen LogP contribution in [0.3, 0.4) is 0 Å². The minimum atomic E-state index is -0.579. The molecule has 0 heterocycles. The number of carbonyl (C=O) groups is 1. The Morgan fingerprint density at radius 2 is 1.96 bits per heavy atom. The van der Waals surface area contributed by atoms with Gasteiger partial charge >= 0.3 is 0 Å². The lowest BCUT2D eigenvalue weighted by Gasteiger charge is -2.04. The number of aromatic hydroxyl groups is 1. The molecule has 2 N–H and O–H groups in total. The number of phenolic OH excluding ortho intramolecular Hbond substituents is 1. The van der Waals surface area contributed by atoms with Crippen molar-refractivity contribution in [3.05, 3.63) is 68.8 Å². The van der Waals surface area contributed by atoms with Crippen molar-refractivity contribution in [3.8, 4) is 5.75 Å². The van der Waals surface area contributed by atoms with Crippen LogP contribution < -0.4 is 5.43 Å². The largest absolute Gasteiger partial charge is 0.507 e. The van der Waals surface area contributed by atoms with Crippen LogP contribution in [-0.4, -0.2) is 22.2 Å². The van der Waals surface area contributed by atoms with Gasteiger partial charge in [-0.15, -0.1) is 0 Å². The lowest BCUT2D eigenvalue weighted by molar-refractivity contribution is -0.384. The van der Waals surface area contributed by atoms with Gasteiger partial charge in [-0.25, -0.2) is 5.43 Å². The summed E-state index contributed by atoms with van der Waals surface area (Å²) >= 11 is 0. The predicted molar refractivity (Wildman–Crippen MR) is 85.7 cm³/mol. The zero-order valence-corrected chi connectivity index (χ0v) is 12.6. The fraction of sp³-hybridized carbons (Fsp3) is 0.125. The van der Waals surface area contributed by atoms with Crippen LogP contribution in [0.4, 0.5) is 5.69 Å². The van der Waals surface area contributed by atoms with E-state index in [1.807, 2.05) is 19.9 Å². The summed E-state index contributed by atoms with van der Waals surface area (Å²) in [6.45, 7) is 3.84. The lowest BCUT2D eigenvalue weighted by Crippen LogP contribution is -2.17. The van der Waals surface area contributed by atoms with Gasteiger partial charge in [-0.2, -0.15) is 5.10 Å². The van der Waals surface area contributed by atoms with Crippen molar-refractivity contribution in [1.29, 1.82) is 0 Å². The second-order valence-corrected chi connectivity index (χ2v) is 5.00. The third-order valence-corrected chi connectivity index (χ3v) is 3.36. The van der Waals surface area contributed by atoms with Crippen LogP contribution in [0.25, 0.3) is 0 Å². The Labute approximate surface area is 132 Å². The maximum Gasteiger partial charge on any atom is 0.271 e. The molecule has 0 aliphatic rings. The normalized spacial score (nSPS) is 10.7. The van der Waals surface area contributed by atoms with E-state index in [4.69, 9.17) is 0 Å². The first-order valence-electron chi connectivity index (χ1n) is 6.76. The Bertz CT molecular complexity index is 800. The molecule has 0 aliphatic heterocycles. The summed E-state index contributed by atoms with van der Waals surface area (Å²) in [6.07, 6.45) is 1.15. The van der Waals surface area contributed by atoms with Crippen LogP contribution in [0.1, 0.15) is 27.0 Å². The molecule has 0 spiro atoms. The number of non-ortho nitro benzene ring substituents is 1. The van der Waals surface area contributed by atoms with Gasteiger partial charge in [0.25, 0.3) is 11.6 Å². The number of carbonyl (C=O) groups excluding carboxylic acids is 1. The Kier molecular flexibility index (Phi) is 4.70. The van der Waals surface area contributed by atoms with Crippen LogP contribution in [0.5, 0.6) is 5.75 Å². The first kappa shape index (κ1) is 16.2. The Hall–Kier alpha value is -3.22. The number of nitrogens with one attached hydrogen (secondary N) is 1. The fourth-order valence-corrected chi connectivity index (χ4v) is 1.87. The summed E-state index contributed by atoms with van der Waals surface area (Å²) in [6, 6.07) is 8.80. The fourth-order valence-electron chi connectivity index (χ4n) is 1.87. The first-order valence-corrected chi connectivity index (χ1v) is 6.76. The maximum atomic E-state index is 12.0. The Morgan fingerprint density at radius 1 is 1.22 bits per heavy atom. The average molecular weight is 313 g/mol. The van der Waals surface area contributed by atoms with Gasteiger partial charge in [0.1, 0.15) is 5.75 Å². The van der Waals surface area contributed by atoms with Crippen LogP contribution >= 0.6 is 0 Å². The number of benzene rings is 2. The highest BCUT2D eigenvalue weighted by Gasteiger charge is 2.09. The molecular formula is C16H15N3O4. The first-order chi connectivity index (χ1) is 10.9. The maximum absolute atomic E-state index is 12.0. The minimum absolute atomic E-state index is 0.139. The summed E-state index contributed by atoms with van der Waals surface area (Å²) < 4.78 is 0. The average Bonchev–Trinajstić information content (AvgIpc) is 2.51.